The van der Waals surface area contributed by atoms with E-state index < -0.39 is 5.60 Å². The highest BCUT2D eigenvalue weighted by Crippen LogP contribution is 2.20. The molecule has 0 aromatic heterocycles. The molecule has 0 spiro atoms. The topological polar surface area (TPSA) is 51.2 Å². The molecular weight excluding hydrogens is 260 g/mol. The van der Waals surface area contributed by atoms with Crippen molar-refractivity contribution in [2.24, 2.45) is 0 Å². The first-order valence-electron chi connectivity index (χ1n) is 6.98. The molecule has 0 N–H and O–H groups in total. The van der Waals surface area contributed by atoms with Crippen LogP contribution < -0.4 is 0 Å². The van der Waals surface area contributed by atoms with Gasteiger partial charge in [-0.05, 0) is 27.8 Å². The fourth-order valence-electron chi connectivity index (χ4n) is 2.29. The molecule has 0 radical (unpaired) electrons. The average molecular weight is 288 g/mol. The molecule has 0 aromatic rings. The summed E-state index contributed by atoms with van der Waals surface area (Å²) < 4.78 is 16.0. The van der Waals surface area contributed by atoms with Gasteiger partial charge in [-0.3, -0.25) is 4.90 Å². The lowest BCUT2D eigenvalue weighted by atomic mass is 10.2. The van der Waals surface area contributed by atoms with E-state index >= 15 is 0 Å². The summed E-state index contributed by atoms with van der Waals surface area (Å²) in [7, 11) is 5.39. The highest BCUT2D eigenvalue weighted by Gasteiger charge is 2.39. The van der Waals surface area contributed by atoms with Crippen molar-refractivity contribution in [1.29, 1.82) is 0 Å². The third-order valence-corrected chi connectivity index (χ3v) is 3.41. The van der Waals surface area contributed by atoms with E-state index in [1.165, 1.54) is 0 Å². The Bertz CT molecular complexity index is 317. The van der Waals surface area contributed by atoms with Crippen LogP contribution in [-0.4, -0.2) is 81.1 Å². The molecule has 20 heavy (non-hydrogen) atoms. The van der Waals surface area contributed by atoms with Crippen LogP contribution in [0.25, 0.3) is 0 Å². The SMILES string of the molecule is COCCN(C)[C@H]1CN(C(=O)OC(C)(C)C)C[C@@H]1OC. The summed E-state index contributed by atoms with van der Waals surface area (Å²) in [5.41, 5.74) is -0.473. The highest BCUT2D eigenvalue weighted by atomic mass is 16.6. The molecule has 0 saturated carbocycles. The van der Waals surface area contributed by atoms with Gasteiger partial charge in [-0.1, -0.05) is 0 Å². The highest BCUT2D eigenvalue weighted by molar-refractivity contribution is 5.68. The number of hydrogen-bond acceptors (Lipinski definition) is 5. The van der Waals surface area contributed by atoms with Gasteiger partial charge in [0.1, 0.15) is 5.60 Å². The van der Waals surface area contributed by atoms with Gasteiger partial charge in [-0.15, -0.1) is 0 Å². The van der Waals surface area contributed by atoms with Gasteiger partial charge in [-0.2, -0.15) is 0 Å². The van der Waals surface area contributed by atoms with E-state index in [1.807, 2.05) is 27.8 Å². The summed E-state index contributed by atoms with van der Waals surface area (Å²) in [5.74, 6) is 0. The van der Waals surface area contributed by atoms with E-state index in [0.29, 0.717) is 19.7 Å². The van der Waals surface area contributed by atoms with Crippen molar-refractivity contribution in [3.05, 3.63) is 0 Å². The maximum atomic E-state index is 12.1. The van der Waals surface area contributed by atoms with Crippen LogP contribution in [0.1, 0.15) is 20.8 Å². The van der Waals surface area contributed by atoms with Crippen LogP contribution in [0.3, 0.4) is 0 Å². The van der Waals surface area contributed by atoms with Crippen LogP contribution >= 0.6 is 0 Å². The first-order valence-corrected chi connectivity index (χ1v) is 6.98. The molecule has 1 saturated heterocycles. The van der Waals surface area contributed by atoms with Gasteiger partial charge < -0.3 is 19.1 Å². The lowest BCUT2D eigenvalue weighted by Crippen LogP contribution is -2.43. The predicted octanol–water partition coefficient (Wildman–Crippen LogP) is 1.20. The minimum atomic E-state index is -0.473. The maximum Gasteiger partial charge on any atom is 0.410 e. The van der Waals surface area contributed by atoms with E-state index in [-0.39, 0.29) is 18.2 Å². The number of likely N-dealkylation sites (tertiary alicyclic amines) is 1. The molecule has 2 atom stereocenters. The molecule has 6 nitrogen and oxygen atoms in total. The summed E-state index contributed by atoms with van der Waals surface area (Å²) >= 11 is 0. The van der Waals surface area contributed by atoms with E-state index in [4.69, 9.17) is 14.2 Å². The Morgan fingerprint density at radius 2 is 1.95 bits per heavy atom. The van der Waals surface area contributed by atoms with Gasteiger partial charge in [0.25, 0.3) is 0 Å². The molecule has 0 unspecified atom stereocenters. The van der Waals surface area contributed by atoms with E-state index in [2.05, 4.69) is 4.90 Å². The number of ether oxygens (including phenoxy) is 3. The van der Waals surface area contributed by atoms with Gasteiger partial charge in [0, 0.05) is 27.3 Å². The first kappa shape index (κ1) is 17.2. The monoisotopic (exact) mass is 288 g/mol. The third kappa shape index (κ3) is 4.92. The summed E-state index contributed by atoms with van der Waals surface area (Å²) in [6, 6.07) is 0.169. The van der Waals surface area contributed by atoms with Gasteiger partial charge in [0.2, 0.25) is 0 Å². The normalized spacial score (nSPS) is 23.4. The minimum absolute atomic E-state index is 0.00405. The Balaban J connectivity index is 2.60. The van der Waals surface area contributed by atoms with Crippen molar-refractivity contribution in [3.8, 4) is 0 Å². The first-order chi connectivity index (χ1) is 9.28. The molecule has 6 heteroatoms. The van der Waals surface area contributed by atoms with Crippen LogP contribution in [0.4, 0.5) is 4.79 Å². The van der Waals surface area contributed by atoms with E-state index in [9.17, 15) is 4.79 Å². The summed E-state index contributed by atoms with van der Waals surface area (Å²) in [6.07, 6.45) is -0.272. The van der Waals surface area contributed by atoms with Crippen molar-refractivity contribution >= 4 is 6.09 Å². The molecular formula is C14H28N2O4. The number of nitrogens with zero attached hydrogens (tertiary/aromatic N) is 2. The van der Waals surface area contributed by atoms with Crippen LogP contribution in [0.2, 0.25) is 0 Å². The van der Waals surface area contributed by atoms with Crippen LogP contribution in [-0.2, 0) is 14.2 Å². The van der Waals surface area contributed by atoms with Gasteiger partial charge in [-0.25, -0.2) is 4.79 Å². The van der Waals surface area contributed by atoms with Crippen LogP contribution in [0.15, 0.2) is 0 Å². The Hall–Kier alpha value is -0.850. The lowest BCUT2D eigenvalue weighted by molar-refractivity contribution is 0.0247. The van der Waals surface area contributed by atoms with Crippen LogP contribution in [0.5, 0.6) is 0 Å². The molecule has 1 aliphatic rings. The van der Waals surface area contributed by atoms with Crippen molar-refractivity contribution in [1.82, 2.24) is 9.80 Å². The zero-order valence-electron chi connectivity index (χ0n) is 13.5. The Kier molecular flexibility index (Phi) is 6.23. The molecule has 0 bridgehead atoms. The fourth-order valence-corrected chi connectivity index (χ4v) is 2.29. The number of rotatable bonds is 5. The molecule has 118 valence electrons. The van der Waals surface area contributed by atoms with Crippen molar-refractivity contribution in [2.75, 3.05) is 47.5 Å². The number of carbonyl (C=O) groups excluding carboxylic acids is 1. The molecule has 1 aliphatic heterocycles. The quantitative estimate of drug-likeness (QED) is 0.761. The van der Waals surface area contributed by atoms with E-state index in [0.717, 1.165) is 6.54 Å². The van der Waals surface area contributed by atoms with E-state index in [1.54, 1.807) is 19.1 Å². The zero-order chi connectivity index (χ0) is 15.3. The second-order valence-electron chi connectivity index (χ2n) is 6.20. The Morgan fingerprint density at radius 1 is 1.30 bits per heavy atom. The maximum absolute atomic E-state index is 12.1. The lowest BCUT2D eigenvalue weighted by Gasteiger charge is -2.27. The fraction of sp³-hybridized carbons (Fsp3) is 0.929. The smallest absolute Gasteiger partial charge is 0.410 e. The summed E-state index contributed by atoms with van der Waals surface area (Å²) in [6.45, 7) is 8.27. The Labute approximate surface area is 121 Å². The summed E-state index contributed by atoms with van der Waals surface area (Å²) in [5, 5.41) is 0. The Morgan fingerprint density at radius 3 is 2.45 bits per heavy atom. The minimum Gasteiger partial charge on any atom is -0.444 e. The second kappa shape index (κ2) is 7.24. The van der Waals surface area contributed by atoms with Crippen molar-refractivity contribution in [3.63, 3.8) is 0 Å². The number of methoxy groups -OCH3 is 2. The second-order valence-corrected chi connectivity index (χ2v) is 6.20. The van der Waals surface area contributed by atoms with Gasteiger partial charge >= 0.3 is 6.09 Å². The van der Waals surface area contributed by atoms with Gasteiger partial charge in [0.15, 0.2) is 0 Å². The van der Waals surface area contributed by atoms with Crippen molar-refractivity contribution in [2.45, 2.75) is 38.5 Å². The molecule has 1 rings (SSSR count). The number of carbonyl (C=O) groups is 1. The predicted molar refractivity (Wildman–Crippen MR) is 76.9 cm³/mol. The number of amides is 1. The zero-order valence-corrected chi connectivity index (χ0v) is 13.5. The third-order valence-electron chi connectivity index (χ3n) is 3.41. The van der Waals surface area contributed by atoms with Crippen LogP contribution in [0, 0.1) is 0 Å². The molecule has 1 amide bonds. The summed E-state index contributed by atoms with van der Waals surface area (Å²) in [4.78, 5) is 16.0. The molecule has 0 aromatic carbocycles. The molecule has 1 heterocycles. The van der Waals surface area contributed by atoms with Crippen molar-refractivity contribution < 1.29 is 19.0 Å². The standard InChI is InChI=1S/C14H28N2O4/c1-14(2,3)20-13(17)16-9-11(12(10-16)19-6)15(4)7-8-18-5/h11-12H,7-10H2,1-6H3/t11-,12-/m0/s1. The van der Waals surface area contributed by atoms with Gasteiger partial charge in [0.05, 0.1) is 25.3 Å². The molecule has 0 aliphatic carbocycles. The average Bonchev–Trinajstić information content (AvgIpc) is 2.78. The number of hydrogen-bond donors (Lipinski definition) is 0. The number of likely N-dealkylation sites (N-methyl/N-ethyl adjacent to an activating group) is 1. The largest absolute Gasteiger partial charge is 0.444 e. The molecule has 1 fully saturated rings.